The second kappa shape index (κ2) is 5.08. The van der Waals surface area contributed by atoms with Crippen LogP contribution >= 0.6 is 0 Å². The fraction of sp³-hybridized carbons (Fsp3) is 0.0714. The summed E-state index contributed by atoms with van der Waals surface area (Å²) in [4.78, 5) is 13.5. The summed E-state index contributed by atoms with van der Waals surface area (Å²) in [5.41, 5.74) is 0.790. The summed E-state index contributed by atoms with van der Waals surface area (Å²) in [5, 5.41) is 0. The van der Waals surface area contributed by atoms with Gasteiger partial charge in [-0.15, -0.1) is 0 Å². The number of hydrogen-bond acceptors (Lipinski definition) is 2. The van der Waals surface area contributed by atoms with E-state index in [0.29, 0.717) is 16.8 Å². The summed E-state index contributed by atoms with van der Waals surface area (Å²) in [6.07, 6.45) is -2.96. The second-order valence-electron chi connectivity index (χ2n) is 3.83. The Kier molecular flexibility index (Phi) is 3.49. The number of aliphatic imine (C=N–C) groups is 1. The zero-order valence-corrected chi connectivity index (χ0v) is 9.61. The van der Waals surface area contributed by atoms with E-state index in [4.69, 9.17) is 0 Å². The maximum atomic E-state index is 12.6. The number of hydrogen-bond donors (Lipinski definition) is 0. The number of rotatable bonds is 2. The van der Waals surface area contributed by atoms with Gasteiger partial charge in [-0.1, -0.05) is 24.3 Å². The van der Waals surface area contributed by atoms with E-state index in [2.05, 4.69) is 4.99 Å². The predicted octanol–water partition coefficient (Wildman–Crippen LogP) is 4.34. The molecular formula is C14H8F3NO. The quantitative estimate of drug-likeness (QED) is 0.585. The standard InChI is InChI=1S/C14H8F3NO/c15-14(16,17)12-3-1-2-11(8-12)10-4-6-13(7-5-10)18-9-19/h1-8H. The van der Waals surface area contributed by atoms with Crippen LogP contribution in [0.15, 0.2) is 53.5 Å². The van der Waals surface area contributed by atoms with Crippen molar-refractivity contribution < 1.29 is 18.0 Å². The van der Waals surface area contributed by atoms with Crippen LogP contribution in [0.25, 0.3) is 11.1 Å². The van der Waals surface area contributed by atoms with Crippen molar-refractivity contribution in [3.63, 3.8) is 0 Å². The maximum absolute atomic E-state index is 12.6. The molecular weight excluding hydrogens is 255 g/mol. The molecule has 0 saturated heterocycles. The van der Waals surface area contributed by atoms with Gasteiger partial charge in [0.2, 0.25) is 6.08 Å². The number of halogens is 3. The molecule has 2 nitrogen and oxygen atoms in total. The first-order valence-corrected chi connectivity index (χ1v) is 5.36. The summed E-state index contributed by atoms with van der Waals surface area (Å²) >= 11 is 0. The van der Waals surface area contributed by atoms with Crippen LogP contribution in [0.2, 0.25) is 0 Å². The summed E-state index contributed by atoms with van der Waals surface area (Å²) in [7, 11) is 0. The minimum absolute atomic E-state index is 0.408. The summed E-state index contributed by atoms with van der Waals surface area (Å²) in [6, 6.07) is 11.3. The Morgan fingerprint density at radius 2 is 1.63 bits per heavy atom. The van der Waals surface area contributed by atoms with E-state index < -0.39 is 11.7 Å². The average Bonchev–Trinajstić information content (AvgIpc) is 2.39. The van der Waals surface area contributed by atoms with Crippen molar-refractivity contribution in [1.29, 1.82) is 0 Å². The van der Waals surface area contributed by atoms with Gasteiger partial charge in [-0.05, 0) is 35.4 Å². The van der Waals surface area contributed by atoms with Crippen LogP contribution in [0.1, 0.15) is 5.56 Å². The number of nitrogens with zero attached hydrogens (tertiary/aromatic N) is 1. The maximum Gasteiger partial charge on any atom is 0.416 e. The van der Waals surface area contributed by atoms with E-state index in [9.17, 15) is 18.0 Å². The van der Waals surface area contributed by atoms with Crippen molar-refractivity contribution in [2.75, 3.05) is 0 Å². The van der Waals surface area contributed by atoms with Crippen molar-refractivity contribution >= 4 is 11.8 Å². The Morgan fingerprint density at radius 3 is 2.21 bits per heavy atom. The zero-order chi connectivity index (χ0) is 13.9. The smallest absolute Gasteiger partial charge is 0.211 e. The highest BCUT2D eigenvalue weighted by molar-refractivity contribution is 5.66. The molecule has 0 saturated carbocycles. The van der Waals surface area contributed by atoms with Crippen LogP contribution < -0.4 is 0 Å². The van der Waals surface area contributed by atoms with Crippen molar-refractivity contribution in [2.45, 2.75) is 6.18 Å². The number of benzene rings is 2. The van der Waals surface area contributed by atoms with E-state index in [1.807, 2.05) is 0 Å². The Balaban J connectivity index is 2.39. The molecule has 5 heteroatoms. The molecule has 0 N–H and O–H groups in total. The van der Waals surface area contributed by atoms with Crippen LogP contribution in [0.4, 0.5) is 18.9 Å². The van der Waals surface area contributed by atoms with Crippen LogP contribution in [0, 0.1) is 0 Å². The van der Waals surface area contributed by atoms with Crippen LogP contribution in [-0.4, -0.2) is 6.08 Å². The number of isocyanates is 1. The normalized spacial score (nSPS) is 10.9. The van der Waals surface area contributed by atoms with E-state index in [1.54, 1.807) is 30.3 Å². The molecule has 2 rings (SSSR count). The van der Waals surface area contributed by atoms with Gasteiger partial charge in [0, 0.05) is 0 Å². The van der Waals surface area contributed by atoms with Crippen molar-refractivity contribution in [1.82, 2.24) is 0 Å². The predicted molar refractivity (Wildman–Crippen MR) is 64.7 cm³/mol. The van der Waals surface area contributed by atoms with Gasteiger partial charge in [0.05, 0.1) is 11.3 Å². The lowest BCUT2D eigenvalue weighted by atomic mass is 10.0. The highest BCUT2D eigenvalue weighted by Crippen LogP contribution is 2.32. The van der Waals surface area contributed by atoms with Gasteiger partial charge in [-0.3, -0.25) is 0 Å². The van der Waals surface area contributed by atoms with E-state index >= 15 is 0 Å². The van der Waals surface area contributed by atoms with Crippen LogP contribution in [0.3, 0.4) is 0 Å². The summed E-state index contributed by atoms with van der Waals surface area (Å²) in [6.45, 7) is 0. The molecule has 0 heterocycles. The largest absolute Gasteiger partial charge is 0.416 e. The fourth-order valence-electron chi connectivity index (χ4n) is 1.66. The Labute approximate surface area is 107 Å². The van der Waals surface area contributed by atoms with E-state index in [0.717, 1.165) is 12.1 Å². The molecule has 96 valence electrons. The molecule has 0 aliphatic carbocycles. The van der Waals surface area contributed by atoms with E-state index in [1.165, 1.54) is 12.1 Å². The molecule has 0 aliphatic heterocycles. The van der Waals surface area contributed by atoms with Gasteiger partial charge < -0.3 is 0 Å². The zero-order valence-electron chi connectivity index (χ0n) is 9.61. The van der Waals surface area contributed by atoms with Crippen LogP contribution in [0.5, 0.6) is 0 Å². The molecule has 2 aromatic rings. The molecule has 0 aromatic heterocycles. The second-order valence-corrected chi connectivity index (χ2v) is 3.83. The fourth-order valence-corrected chi connectivity index (χ4v) is 1.66. The molecule has 0 fully saturated rings. The monoisotopic (exact) mass is 263 g/mol. The summed E-state index contributed by atoms with van der Waals surface area (Å²) in [5.74, 6) is 0. The molecule has 2 aromatic carbocycles. The van der Waals surface area contributed by atoms with Crippen molar-refractivity contribution in [3.8, 4) is 11.1 Å². The number of carbonyl (C=O) groups excluding carboxylic acids is 1. The Morgan fingerprint density at radius 1 is 0.947 bits per heavy atom. The molecule has 0 amide bonds. The van der Waals surface area contributed by atoms with Gasteiger partial charge in [-0.25, -0.2) is 4.79 Å². The first-order chi connectivity index (χ1) is 9.00. The van der Waals surface area contributed by atoms with Gasteiger partial charge in [0.25, 0.3) is 0 Å². The van der Waals surface area contributed by atoms with E-state index in [-0.39, 0.29) is 0 Å². The SMILES string of the molecule is O=C=Nc1ccc(-c2cccc(C(F)(F)F)c2)cc1. The Hall–Kier alpha value is -2.39. The third kappa shape index (κ3) is 3.09. The van der Waals surface area contributed by atoms with Gasteiger partial charge >= 0.3 is 6.18 Å². The minimum Gasteiger partial charge on any atom is -0.211 e. The lowest BCUT2D eigenvalue weighted by molar-refractivity contribution is -0.137. The van der Waals surface area contributed by atoms with Crippen molar-refractivity contribution in [3.05, 3.63) is 54.1 Å². The lowest BCUT2D eigenvalue weighted by Crippen LogP contribution is -2.04. The Bertz CT molecular complexity index is 626. The molecule has 0 bridgehead atoms. The van der Waals surface area contributed by atoms with Crippen molar-refractivity contribution in [2.24, 2.45) is 4.99 Å². The topological polar surface area (TPSA) is 29.4 Å². The lowest BCUT2D eigenvalue weighted by Gasteiger charge is -2.08. The number of alkyl halides is 3. The first kappa shape index (κ1) is 13.1. The highest BCUT2D eigenvalue weighted by atomic mass is 19.4. The summed E-state index contributed by atoms with van der Waals surface area (Å²) < 4.78 is 37.8. The highest BCUT2D eigenvalue weighted by Gasteiger charge is 2.30. The molecule has 0 radical (unpaired) electrons. The molecule has 0 spiro atoms. The van der Waals surface area contributed by atoms with Gasteiger partial charge in [0.15, 0.2) is 0 Å². The first-order valence-electron chi connectivity index (χ1n) is 5.36. The third-order valence-corrected chi connectivity index (χ3v) is 2.57. The molecule has 0 atom stereocenters. The van der Waals surface area contributed by atoms with Gasteiger partial charge in [0.1, 0.15) is 0 Å². The van der Waals surface area contributed by atoms with Crippen LogP contribution in [-0.2, 0) is 11.0 Å². The molecule has 0 aliphatic rings. The average molecular weight is 263 g/mol. The molecule has 19 heavy (non-hydrogen) atoms. The third-order valence-electron chi connectivity index (χ3n) is 2.57. The molecule has 0 unspecified atom stereocenters. The van der Waals surface area contributed by atoms with Gasteiger partial charge in [-0.2, -0.15) is 18.2 Å². The minimum atomic E-state index is -4.36.